The molecule has 0 aliphatic carbocycles. The number of methoxy groups -OCH3 is 2. The topological polar surface area (TPSA) is 59.6 Å². The summed E-state index contributed by atoms with van der Waals surface area (Å²) in [6, 6.07) is 5.26. The largest absolute Gasteiger partial charge is 0.496 e. The van der Waals surface area contributed by atoms with Crippen molar-refractivity contribution in [1.82, 2.24) is 10.6 Å². The minimum absolute atomic E-state index is 0.192. The Morgan fingerprint density at radius 3 is 2.28 bits per heavy atom. The van der Waals surface area contributed by atoms with Gasteiger partial charge in [-0.1, -0.05) is 13.0 Å². The van der Waals surface area contributed by atoms with E-state index < -0.39 is 0 Å². The molecule has 0 aromatic heterocycles. The van der Waals surface area contributed by atoms with Gasteiger partial charge in [0.25, 0.3) is 5.91 Å². The van der Waals surface area contributed by atoms with E-state index in [0.29, 0.717) is 23.6 Å². The molecule has 1 aromatic rings. The lowest BCUT2D eigenvalue weighted by Gasteiger charge is -2.13. The smallest absolute Gasteiger partial charge is 0.258 e. The molecule has 0 saturated carbocycles. The molecule has 0 heterocycles. The van der Waals surface area contributed by atoms with Crippen molar-refractivity contribution in [2.45, 2.75) is 6.92 Å². The Balaban J connectivity index is 2.76. The molecule has 0 atom stereocenters. The van der Waals surface area contributed by atoms with Gasteiger partial charge in [-0.05, 0) is 18.7 Å². The van der Waals surface area contributed by atoms with Crippen molar-refractivity contribution in [2.24, 2.45) is 0 Å². The van der Waals surface area contributed by atoms with Crippen LogP contribution in [-0.4, -0.2) is 39.8 Å². The fourth-order valence-corrected chi connectivity index (χ4v) is 1.60. The highest BCUT2D eigenvalue weighted by Crippen LogP contribution is 2.27. The first-order valence-electron chi connectivity index (χ1n) is 5.94. The van der Waals surface area contributed by atoms with Crippen molar-refractivity contribution in [1.29, 1.82) is 0 Å². The van der Waals surface area contributed by atoms with Crippen molar-refractivity contribution in [2.75, 3.05) is 33.9 Å². The van der Waals surface area contributed by atoms with Gasteiger partial charge >= 0.3 is 0 Å². The summed E-state index contributed by atoms with van der Waals surface area (Å²) in [5.74, 6) is 0.827. The first-order chi connectivity index (χ1) is 8.74. The van der Waals surface area contributed by atoms with Gasteiger partial charge in [0, 0.05) is 13.1 Å². The Morgan fingerprint density at radius 2 is 1.78 bits per heavy atom. The molecule has 18 heavy (non-hydrogen) atoms. The summed E-state index contributed by atoms with van der Waals surface area (Å²) in [5, 5.41) is 5.96. The predicted molar refractivity (Wildman–Crippen MR) is 70.4 cm³/mol. The number of carbonyl (C=O) groups excluding carboxylic acids is 1. The number of ether oxygens (including phenoxy) is 2. The Morgan fingerprint density at radius 1 is 1.17 bits per heavy atom. The lowest BCUT2D eigenvalue weighted by molar-refractivity contribution is 0.0947. The molecule has 5 heteroatoms. The number of hydrogen-bond donors (Lipinski definition) is 2. The Labute approximate surface area is 107 Å². The first kappa shape index (κ1) is 14.3. The third kappa shape index (κ3) is 3.63. The Kier molecular flexibility index (Phi) is 6.00. The summed E-state index contributed by atoms with van der Waals surface area (Å²) in [7, 11) is 3.06. The van der Waals surface area contributed by atoms with E-state index in [4.69, 9.17) is 9.47 Å². The molecular weight excluding hydrogens is 232 g/mol. The zero-order valence-corrected chi connectivity index (χ0v) is 11.1. The van der Waals surface area contributed by atoms with Gasteiger partial charge in [0.2, 0.25) is 0 Å². The van der Waals surface area contributed by atoms with Crippen LogP contribution in [0.4, 0.5) is 0 Å². The van der Waals surface area contributed by atoms with Crippen molar-refractivity contribution < 1.29 is 14.3 Å². The number of hydrogen-bond acceptors (Lipinski definition) is 4. The lowest BCUT2D eigenvalue weighted by atomic mass is 10.1. The number of likely N-dealkylation sites (N-methyl/N-ethyl adjacent to an activating group) is 1. The maximum Gasteiger partial charge on any atom is 0.258 e. The van der Waals surface area contributed by atoms with Gasteiger partial charge in [-0.15, -0.1) is 0 Å². The first-order valence-corrected chi connectivity index (χ1v) is 5.94. The molecule has 0 aliphatic heterocycles. The van der Waals surface area contributed by atoms with Crippen LogP contribution in [0.25, 0.3) is 0 Å². The van der Waals surface area contributed by atoms with E-state index in [1.54, 1.807) is 18.2 Å². The molecule has 0 radical (unpaired) electrons. The molecule has 0 saturated heterocycles. The van der Waals surface area contributed by atoms with Gasteiger partial charge in [0.15, 0.2) is 0 Å². The van der Waals surface area contributed by atoms with Crippen molar-refractivity contribution >= 4 is 5.91 Å². The van der Waals surface area contributed by atoms with Gasteiger partial charge in [0.1, 0.15) is 17.1 Å². The van der Waals surface area contributed by atoms with Gasteiger partial charge in [-0.25, -0.2) is 0 Å². The van der Waals surface area contributed by atoms with Crippen molar-refractivity contribution in [3.05, 3.63) is 23.8 Å². The molecule has 1 rings (SSSR count). The number of rotatable bonds is 7. The summed E-state index contributed by atoms with van der Waals surface area (Å²) in [5.41, 5.74) is 0.430. The average Bonchev–Trinajstić information content (AvgIpc) is 2.42. The van der Waals surface area contributed by atoms with E-state index in [9.17, 15) is 4.79 Å². The maximum absolute atomic E-state index is 12.1. The molecule has 0 spiro atoms. The molecule has 2 N–H and O–H groups in total. The highest BCUT2D eigenvalue weighted by Gasteiger charge is 2.17. The van der Waals surface area contributed by atoms with Crippen molar-refractivity contribution in [3.8, 4) is 11.5 Å². The number of nitrogens with one attached hydrogen (secondary N) is 2. The van der Waals surface area contributed by atoms with Crippen LogP contribution in [0.5, 0.6) is 11.5 Å². The van der Waals surface area contributed by atoms with Crippen LogP contribution in [0.2, 0.25) is 0 Å². The molecule has 5 nitrogen and oxygen atoms in total. The average molecular weight is 252 g/mol. The zero-order valence-electron chi connectivity index (χ0n) is 11.1. The second-order valence-electron chi connectivity index (χ2n) is 3.65. The van der Waals surface area contributed by atoms with Gasteiger partial charge in [-0.2, -0.15) is 0 Å². The minimum Gasteiger partial charge on any atom is -0.496 e. The predicted octanol–water partition coefficient (Wildman–Crippen LogP) is 1.04. The summed E-state index contributed by atoms with van der Waals surface area (Å²) < 4.78 is 10.4. The second-order valence-corrected chi connectivity index (χ2v) is 3.65. The number of carbonyl (C=O) groups is 1. The number of benzene rings is 1. The molecular formula is C13H20N2O3. The molecule has 1 aromatic carbocycles. The highest BCUT2D eigenvalue weighted by molar-refractivity contribution is 5.99. The molecule has 100 valence electrons. The summed E-state index contributed by atoms with van der Waals surface area (Å²) >= 11 is 0. The fraction of sp³-hybridized carbons (Fsp3) is 0.462. The quantitative estimate of drug-likeness (QED) is 0.712. The van der Waals surface area contributed by atoms with Crippen LogP contribution in [0.3, 0.4) is 0 Å². The normalized spacial score (nSPS) is 9.94. The van der Waals surface area contributed by atoms with E-state index in [-0.39, 0.29) is 5.91 Å². The lowest BCUT2D eigenvalue weighted by Crippen LogP contribution is -2.32. The van der Waals surface area contributed by atoms with E-state index in [1.807, 2.05) is 6.92 Å². The van der Waals surface area contributed by atoms with Crippen LogP contribution in [0, 0.1) is 0 Å². The molecule has 1 amide bonds. The molecule has 0 bridgehead atoms. The van der Waals surface area contributed by atoms with Crippen LogP contribution in [0.1, 0.15) is 17.3 Å². The van der Waals surface area contributed by atoms with Crippen LogP contribution < -0.4 is 20.1 Å². The van der Waals surface area contributed by atoms with E-state index in [0.717, 1.165) is 13.1 Å². The second kappa shape index (κ2) is 7.55. The maximum atomic E-state index is 12.1. The van der Waals surface area contributed by atoms with Gasteiger partial charge < -0.3 is 20.1 Å². The van der Waals surface area contributed by atoms with Crippen LogP contribution in [0.15, 0.2) is 18.2 Å². The van der Waals surface area contributed by atoms with Gasteiger partial charge in [0.05, 0.1) is 14.2 Å². The van der Waals surface area contributed by atoms with Crippen LogP contribution >= 0.6 is 0 Å². The Hall–Kier alpha value is -1.75. The Bertz CT molecular complexity index is 372. The third-order valence-electron chi connectivity index (χ3n) is 2.49. The minimum atomic E-state index is -0.192. The summed E-state index contributed by atoms with van der Waals surface area (Å²) in [4.78, 5) is 12.1. The standard InChI is InChI=1S/C13H20N2O3/c1-4-14-8-9-15-13(16)12-10(17-2)6-5-7-11(12)18-3/h5-7,14H,4,8-9H2,1-3H3,(H,15,16). The zero-order chi connectivity index (χ0) is 13.4. The monoisotopic (exact) mass is 252 g/mol. The fourth-order valence-electron chi connectivity index (χ4n) is 1.60. The summed E-state index contributed by atoms with van der Waals surface area (Å²) in [6.07, 6.45) is 0. The van der Waals surface area contributed by atoms with Gasteiger partial charge in [-0.3, -0.25) is 4.79 Å². The summed E-state index contributed by atoms with van der Waals surface area (Å²) in [6.45, 7) is 4.20. The molecule has 0 unspecified atom stereocenters. The van der Waals surface area contributed by atoms with E-state index in [1.165, 1.54) is 14.2 Å². The molecule has 0 aliphatic rings. The third-order valence-corrected chi connectivity index (χ3v) is 2.49. The van der Waals surface area contributed by atoms with E-state index in [2.05, 4.69) is 10.6 Å². The van der Waals surface area contributed by atoms with Crippen LogP contribution in [-0.2, 0) is 0 Å². The van der Waals surface area contributed by atoms with E-state index >= 15 is 0 Å². The van der Waals surface area contributed by atoms with Crippen molar-refractivity contribution in [3.63, 3.8) is 0 Å². The number of amides is 1. The highest BCUT2D eigenvalue weighted by atomic mass is 16.5. The molecule has 0 fully saturated rings. The SMILES string of the molecule is CCNCCNC(=O)c1c(OC)cccc1OC.